The van der Waals surface area contributed by atoms with Crippen molar-refractivity contribution in [1.29, 1.82) is 0 Å². The molecular weight excluding hydrogens is 241 g/mol. The molecule has 0 aliphatic heterocycles. The molecule has 2 nitrogen and oxygen atoms in total. The highest BCUT2D eigenvalue weighted by Crippen LogP contribution is 2.36. The number of benzene rings is 2. The van der Waals surface area contributed by atoms with Crippen LogP contribution < -0.4 is 16.1 Å². The molecular formula is C15H18NOP. The topological polar surface area (TPSA) is 43.1 Å². The van der Waals surface area contributed by atoms with Crippen molar-refractivity contribution < 1.29 is 4.57 Å². The second-order valence-corrected chi connectivity index (χ2v) is 7.02. The van der Waals surface area contributed by atoms with Gasteiger partial charge in [0.15, 0.2) is 0 Å². The van der Waals surface area contributed by atoms with E-state index in [4.69, 9.17) is 5.50 Å². The Hall–Kier alpha value is -1.37. The van der Waals surface area contributed by atoms with Gasteiger partial charge in [-0.25, -0.2) is 0 Å². The largest absolute Gasteiger partial charge is 0.297 e. The molecule has 0 aliphatic rings. The van der Waals surface area contributed by atoms with E-state index in [0.717, 1.165) is 16.4 Å². The van der Waals surface area contributed by atoms with Crippen LogP contribution in [0.25, 0.3) is 0 Å². The summed E-state index contributed by atoms with van der Waals surface area (Å²) >= 11 is 0. The SMILES string of the molecule is Cc1cc(C)c(P(N)(=O)c2ccccc2)c(C)c1. The number of aryl methyl sites for hydroxylation is 3. The number of rotatable bonds is 2. The molecule has 3 heteroatoms. The van der Waals surface area contributed by atoms with E-state index < -0.39 is 7.29 Å². The Balaban J connectivity index is 2.66. The van der Waals surface area contributed by atoms with Gasteiger partial charge in [0.2, 0.25) is 7.29 Å². The molecule has 2 N–H and O–H groups in total. The zero-order chi connectivity index (χ0) is 13.3. The molecule has 1 atom stereocenters. The molecule has 0 spiro atoms. The predicted octanol–water partition coefficient (Wildman–Crippen LogP) is 2.80. The monoisotopic (exact) mass is 259 g/mol. The molecule has 2 aromatic rings. The van der Waals surface area contributed by atoms with Crippen molar-refractivity contribution in [3.05, 3.63) is 59.2 Å². The van der Waals surface area contributed by atoms with E-state index in [2.05, 4.69) is 0 Å². The van der Waals surface area contributed by atoms with Crippen molar-refractivity contribution in [1.82, 2.24) is 0 Å². The molecule has 0 aromatic heterocycles. The normalized spacial score (nSPS) is 14.2. The van der Waals surface area contributed by atoms with Crippen molar-refractivity contribution in [2.45, 2.75) is 20.8 Å². The summed E-state index contributed by atoms with van der Waals surface area (Å²) in [5.74, 6) is 0. The van der Waals surface area contributed by atoms with Gasteiger partial charge in [0.25, 0.3) is 0 Å². The summed E-state index contributed by atoms with van der Waals surface area (Å²) in [7, 11) is -2.99. The summed E-state index contributed by atoms with van der Waals surface area (Å²) in [6.45, 7) is 5.98. The first-order valence-corrected chi connectivity index (χ1v) is 7.73. The van der Waals surface area contributed by atoms with Crippen LogP contribution in [-0.4, -0.2) is 0 Å². The molecule has 2 aromatic carbocycles. The quantitative estimate of drug-likeness (QED) is 0.843. The molecule has 0 saturated heterocycles. The molecule has 0 bridgehead atoms. The fourth-order valence-corrected chi connectivity index (χ4v) is 4.53. The predicted molar refractivity (Wildman–Crippen MR) is 78.2 cm³/mol. The van der Waals surface area contributed by atoms with Crippen molar-refractivity contribution in [2.24, 2.45) is 5.50 Å². The molecule has 0 amide bonds. The van der Waals surface area contributed by atoms with Crippen LogP contribution >= 0.6 is 7.29 Å². The second kappa shape index (κ2) is 4.72. The molecule has 2 rings (SSSR count). The standard InChI is InChI=1S/C15H18NOP/c1-11-9-12(2)15(13(3)10-11)18(16,17)14-7-5-4-6-8-14/h4-10H,1-3H3,(H2,16,17). The van der Waals surface area contributed by atoms with Gasteiger partial charge >= 0.3 is 0 Å². The van der Waals surface area contributed by atoms with Crippen molar-refractivity contribution in [2.75, 3.05) is 0 Å². The van der Waals surface area contributed by atoms with Crippen LogP contribution in [0.15, 0.2) is 42.5 Å². The Morgan fingerprint density at radius 1 is 0.944 bits per heavy atom. The lowest BCUT2D eigenvalue weighted by Gasteiger charge is -2.19. The Kier molecular flexibility index (Phi) is 3.43. The smallest absolute Gasteiger partial charge is 0.202 e. The third-order valence-corrected chi connectivity index (χ3v) is 5.54. The summed E-state index contributed by atoms with van der Waals surface area (Å²) < 4.78 is 12.9. The average molecular weight is 259 g/mol. The van der Waals surface area contributed by atoms with Crippen molar-refractivity contribution >= 4 is 17.9 Å². The maximum absolute atomic E-state index is 12.9. The van der Waals surface area contributed by atoms with Gasteiger partial charge in [-0.1, -0.05) is 35.9 Å². The van der Waals surface area contributed by atoms with Crippen LogP contribution in [0, 0.1) is 20.8 Å². The Labute approximate surface area is 108 Å². The van der Waals surface area contributed by atoms with Crippen LogP contribution in [0.3, 0.4) is 0 Å². The highest BCUT2D eigenvalue weighted by molar-refractivity contribution is 7.76. The minimum absolute atomic E-state index is 0.708. The van der Waals surface area contributed by atoms with Crippen LogP contribution in [-0.2, 0) is 4.57 Å². The van der Waals surface area contributed by atoms with Crippen molar-refractivity contribution in [3.63, 3.8) is 0 Å². The first-order valence-electron chi connectivity index (χ1n) is 5.95. The van der Waals surface area contributed by atoms with Crippen LogP contribution in [0.1, 0.15) is 16.7 Å². The molecule has 0 fully saturated rings. The highest BCUT2D eigenvalue weighted by atomic mass is 31.2. The first kappa shape index (κ1) is 13.1. The molecule has 18 heavy (non-hydrogen) atoms. The minimum atomic E-state index is -2.99. The maximum Gasteiger partial charge on any atom is 0.202 e. The number of hydrogen-bond acceptors (Lipinski definition) is 1. The molecule has 0 radical (unpaired) electrons. The van der Waals surface area contributed by atoms with Gasteiger partial charge in [0.1, 0.15) is 0 Å². The summed E-state index contributed by atoms with van der Waals surface area (Å²) in [6.07, 6.45) is 0. The number of hydrogen-bond donors (Lipinski definition) is 1. The lowest BCUT2D eigenvalue weighted by molar-refractivity contribution is 0.588. The van der Waals surface area contributed by atoms with E-state index in [9.17, 15) is 4.57 Å². The zero-order valence-electron chi connectivity index (χ0n) is 11.0. The van der Waals surface area contributed by atoms with E-state index >= 15 is 0 Å². The lowest BCUT2D eigenvalue weighted by Crippen LogP contribution is -2.26. The highest BCUT2D eigenvalue weighted by Gasteiger charge is 2.25. The third-order valence-electron chi connectivity index (χ3n) is 3.11. The third kappa shape index (κ3) is 2.27. The first-order chi connectivity index (χ1) is 8.43. The molecule has 0 saturated carbocycles. The number of nitrogens with two attached hydrogens (primary N) is 1. The van der Waals surface area contributed by atoms with Crippen LogP contribution in [0.4, 0.5) is 0 Å². The van der Waals surface area contributed by atoms with E-state index in [1.54, 1.807) is 0 Å². The van der Waals surface area contributed by atoms with Crippen LogP contribution in [0.2, 0.25) is 0 Å². The van der Waals surface area contributed by atoms with Crippen LogP contribution in [0.5, 0.6) is 0 Å². The summed E-state index contributed by atoms with van der Waals surface area (Å²) in [6, 6.07) is 13.4. The Morgan fingerprint density at radius 3 is 1.94 bits per heavy atom. The van der Waals surface area contributed by atoms with E-state index in [1.807, 2.05) is 63.2 Å². The second-order valence-electron chi connectivity index (χ2n) is 4.74. The van der Waals surface area contributed by atoms with E-state index in [0.29, 0.717) is 5.30 Å². The Bertz CT molecular complexity index is 597. The van der Waals surface area contributed by atoms with Crippen molar-refractivity contribution in [3.8, 4) is 0 Å². The Morgan fingerprint density at radius 2 is 1.44 bits per heavy atom. The summed E-state index contributed by atoms with van der Waals surface area (Å²) in [5, 5.41) is 1.50. The fourth-order valence-electron chi connectivity index (χ4n) is 2.47. The minimum Gasteiger partial charge on any atom is -0.297 e. The fraction of sp³-hybridized carbons (Fsp3) is 0.200. The molecule has 0 aliphatic carbocycles. The van der Waals surface area contributed by atoms with Gasteiger partial charge in [-0.2, -0.15) is 0 Å². The lowest BCUT2D eigenvalue weighted by atomic mass is 10.1. The average Bonchev–Trinajstić information content (AvgIpc) is 2.28. The van der Waals surface area contributed by atoms with Gasteiger partial charge in [-0.15, -0.1) is 0 Å². The van der Waals surface area contributed by atoms with Gasteiger partial charge < -0.3 is 0 Å². The van der Waals surface area contributed by atoms with E-state index in [1.165, 1.54) is 5.56 Å². The maximum atomic E-state index is 12.9. The van der Waals surface area contributed by atoms with Gasteiger partial charge in [-0.3, -0.25) is 10.1 Å². The zero-order valence-corrected chi connectivity index (χ0v) is 11.9. The summed E-state index contributed by atoms with van der Waals surface area (Å²) in [5.41, 5.74) is 9.34. The van der Waals surface area contributed by atoms with Gasteiger partial charge in [-0.05, 0) is 44.0 Å². The molecule has 0 heterocycles. The van der Waals surface area contributed by atoms with E-state index in [-0.39, 0.29) is 0 Å². The summed E-state index contributed by atoms with van der Waals surface area (Å²) in [4.78, 5) is 0. The van der Waals surface area contributed by atoms with Gasteiger partial charge in [0, 0.05) is 10.6 Å². The van der Waals surface area contributed by atoms with Gasteiger partial charge in [0.05, 0.1) is 0 Å². The molecule has 94 valence electrons. The molecule has 1 unspecified atom stereocenters.